The first kappa shape index (κ1) is 17.1. The van der Waals surface area contributed by atoms with Gasteiger partial charge in [0.15, 0.2) is 11.8 Å². The van der Waals surface area contributed by atoms with Gasteiger partial charge in [0.1, 0.15) is 6.54 Å². The largest absolute Gasteiger partial charge is 0.357 e. The minimum absolute atomic E-state index is 0. The van der Waals surface area contributed by atoms with E-state index >= 15 is 0 Å². The molecule has 1 heterocycles. The van der Waals surface area contributed by atoms with Gasteiger partial charge in [0.25, 0.3) is 0 Å². The number of hydrogen-bond acceptors (Lipinski definition) is 4. The van der Waals surface area contributed by atoms with E-state index in [1.807, 2.05) is 6.92 Å². The molecule has 2 N–H and O–H groups in total. The highest BCUT2D eigenvalue weighted by atomic mass is 127. The maximum Gasteiger partial charge on any atom is 0.248 e. The van der Waals surface area contributed by atoms with Gasteiger partial charge in [-0.3, -0.25) is 0 Å². The summed E-state index contributed by atoms with van der Waals surface area (Å²) in [4.78, 5) is 8.47. The number of aryl methyl sites for hydroxylation is 1. The molecule has 0 aliphatic heterocycles. The minimum atomic E-state index is 0. The van der Waals surface area contributed by atoms with Crippen molar-refractivity contribution in [1.82, 2.24) is 20.8 Å². The predicted molar refractivity (Wildman–Crippen MR) is 82.2 cm³/mol. The quantitative estimate of drug-likeness (QED) is 0.347. The summed E-state index contributed by atoms with van der Waals surface area (Å²) in [6.07, 6.45) is 2.29. The standard InChI is InChI=1S/C11H21N5O.HI/c1-4-6-7-13-11(12-5-2)14-8-10-15-9(3)16-17-10;/h4-8H2,1-3H3,(H2,12,13,14);1H. The first-order chi connectivity index (χ1) is 8.26. The fraction of sp³-hybridized carbons (Fsp3) is 0.727. The van der Waals surface area contributed by atoms with Crippen LogP contribution in [-0.4, -0.2) is 29.2 Å². The van der Waals surface area contributed by atoms with E-state index in [0.29, 0.717) is 18.3 Å². The van der Waals surface area contributed by atoms with Crippen molar-refractivity contribution in [3.05, 3.63) is 11.7 Å². The number of halogens is 1. The van der Waals surface area contributed by atoms with Gasteiger partial charge in [0, 0.05) is 13.1 Å². The maximum absolute atomic E-state index is 4.99. The molecule has 0 spiro atoms. The summed E-state index contributed by atoms with van der Waals surface area (Å²) >= 11 is 0. The monoisotopic (exact) mass is 367 g/mol. The van der Waals surface area contributed by atoms with Crippen molar-refractivity contribution in [1.29, 1.82) is 0 Å². The number of unbranched alkanes of at least 4 members (excludes halogenated alkanes) is 1. The van der Waals surface area contributed by atoms with Gasteiger partial charge in [0.05, 0.1) is 0 Å². The van der Waals surface area contributed by atoms with Crippen LogP contribution in [0.4, 0.5) is 0 Å². The number of aromatic nitrogens is 2. The van der Waals surface area contributed by atoms with Crippen LogP contribution < -0.4 is 10.6 Å². The summed E-state index contributed by atoms with van der Waals surface area (Å²) in [5.41, 5.74) is 0. The average molecular weight is 367 g/mol. The molecule has 7 heteroatoms. The second kappa shape index (κ2) is 10.1. The Morgan fingerprint density at radius 3 is 2.67 bits per heavy atom. The molecule has 0 aromatic carbocycles. The van der Waals surface area contributed by atoms with Gasteiger partial charge in [-0.15, -0.1) is 24.0 Å². The lowest BCUT2D eigenvalue weighted by molar-refractivity contribution is 0.376. The number of hydrogen-bond donors (Lipinski definition) is 2. The predicted octanol–water partition coefficient (Wildman–Crippen LogP) is 1.85. The number of nitrogens with zero attached hydrogens (tertiary/aromatic N) is 3. The van der Waals surface area contributed by atoms with E-state index < -0.39 is 0 Å². The molecule has 104 valence electrons. The van der Waals surface area contributed by atoms with Gasteiger partial charge < -0.3 is 15.2 Å². The fourth-order valence-corrected chi connectivity index (χ4v) is 1.28. The van der Waals surface area contributed by atoms with E-state index in [4.69, 9.17) is 4.52 Å². The molecule has 18 heavy (non-hydrogen) atoms. The normalized spacial score (nSPS) is 10.9. The summed E-state index contributed by atoms with van der Waals surface area (Å²) in [5.74, 6) is 1.96. The number of nitrogens with one attached hydrogen (secondary N) is 2. The van der Waals surface area contributed by atoms with Crippen molar-refractivity contribution in [3.63, 3.8) is 0 Å². The molecule has 6 nitrogen and oxygen atoms in total. The second-order valence-electron chi connectivity index (χ2n) is 3.71. The number of guanidine groups is 1. The van der Waals surface area contributed by atoms with Crippen LogP contribution in [0.1, 0.15) is 38.4 Å². The highest BCUT2D eigenvalue weighted by Gasteiger charge is 2.02. The van der Waals surface area contributed by atoms with Crippen LogP contribution in [0.25, 0.3) is 0 Å². The molecule has 0 fully saturated rings. The smallest absolute Gasteiger partial charge is 0.248 e. The summed E-state index contributed by atoms with van der Waals surface area (Å²) in [6.45, 7) is 8.15. The van der Waals surface area contributed by atoms with E-state index in [1.54, 1.807) is 6.92 Å². The highest BCUT2D eigenvalue weighted by Crippen LogP contribution is 1.97. The summed E-state index contributed by atoms with van der Waals surface area (Å²) in [6, 6.07) is 0. The van der Waals surface area contributed by atoms with Gasteiger partial charge in [-0.05, 0) is 20.3 Å². The lowest BCUT2D eigenvalue weighted by Gasteiger charge is -2.09. The molecule has 0 bridgehead atoms. The Hall–Kier alpha value is -0.860. The molecule has 0 saturated carbocycles. The van der Waals surface area contributed by atoms with E-state index in [2.05, 4.69) is 32.7 Å². The number of aliphatic imine (C=N–C) groups is 1. The van der Waals surface area contributed by atoms with E-state index in [1.165, 1.54) is 0 Å². The Labute approximate surface area is 125 Å². The van der Waals surface area contributed by atoms with Gasteiger partial charge in [-0.1, -0.05) is 18.5 Å². The third-order valence-electron chi connectivity index (χ3n) is 2.11. The Morgan fingerprint density at radius 1 is 1.33 bits per heavy atom. The SMILES string of the molecule is CCCCNC(=NCc1nc(C)no1)NCC.I. The lowest BCUT2D eigenvalue weighted by atomic mass is 10.3. The molecule has 1 aromatic rings. The summed E-state index contributed by atoms with van der Waals surface area (Å²) in [7, 11) is 0. The van der Waals surface area contributed by atoms with Gasteiger partial charge in [-0.2, -0.15) is 4.98 Å². The molecule has 0 atom stereocenters. The van der Waals surface area contributed by atoms with Crippen molar-refractivity contribution in [3.8, 4) is 0 Å². The van der Waals surface area contributed by atoms with Crippen LogP contribution in [0.15, 0.2) is 9.52 Å². The van der Waals surface area contributed by atoms with Crippen LogP contribution in [0.2, 0.25) is 0 Å². The lowest BCUT2D eigenvalue weighted by Crippen LogP contribution is -2.37. The van der Waals surface area contributed by atoms with Crippen LogP contribution in [0.3, 0.4) is 0 Å². The van der Waals surface area contributed by atoms with E-state index in [0.717, 1.165) is 31.9 Å². The topological polar surface area (TPSA) is 75.3 Å². The molecular formula is C11H22IN5O. The molecule has 0 radical (unpaired) electrons. The first-order valence-corrected chi connectivity index (χ1v) is 6.07. The van der Waals surface area contributed by atoms with Crippen LogP contribution in [-0.2, 0) is 6.54 Å². The van der Waals surface area contributed by atoms with Gasteiger partial charge in [0.2, 0.25) is 5.89 Å². The third-order valence-corrected chi connectivity index (χ3v) is 2.11. The van der Waals surface area contributed by atoms with Gasteiger partial charge >= 0.3 is 0 Å². The van der Waals surface area contributed by atoms with Crippen molar-refractivity contribution in [2.45, 2.75) is 40.2 Å². The third kappa shape index (κ3) is 6.77. The minimum Gasteiger partial charge on any atom is -0.357 e. The fourth-order valence-electron chi connectivity index (χ4n) is 1.28. The van der Waals surface area contributed by atoms with Crippen LogP contribution in [0, 0.1) is 6.92 Å². The van der Waals surface area contributed by atoms with E-state index in [-0.39, 0.29) is 24.0 Å². The highest BCUT2D eigenvalue weighted by molar-refractivity contribution is 14.0. The first-order valence-electron chi connectivity index (χ1n) is 6.07. The average Bonchev–Trinajstić information content (AvgIpc) is 2.72. The van der Waals surface area contributed by atoms with E-state index in [9.17, 15) is 0 Å². The molecule has 0 saturated heterocycles. The molecule has 0 aliphatic rings. The Balaban J connectivity index is 0.00000289. The molecule has 1 rings (SSSR count). The van der Waals surface area contributed by atoms with Crippen molar-refractivity contribution in [2.75, 3.05) is 13.1 Å². The molecule has 0 aliphatic carbocycles. The summed E-state index contributed by atoms with van der Waals surface area (Å²) in [5, 5.41) is 10.1. The second-order valence-corrected chi connectivity index (χ2v) is 3.71. The van der Waals surface area contributed by atoms with Crippen LogP contribution in [0.5, 0.6) is 0 Å². The zero-order valence-corrected chi connectivity index (χ0v) is 13.5. The molecule has 1 aromatic heterocycles. The Bertz CT molecular complexity index is 353. The molecule has 0 unspecified atom stereocenters. The van der Waals surface area contributed by atoms with Crippen molar-refractivity contribution in [2.24, 2.45) is 4.99 Å². The summed E-state index contributed by atoms with van der Waals surface area (Å²) < 4.78 is 4.99. The Morgan fingerprint density at radius 2 is 2.11 bits per heavy atom. The van der Waals surface area contributed by atoms with Gasteiger partial charge in [-0.25, -0.2) is 4.99 Å². The Kier molecular flexibility index (Phi) is 9.62. The molecule has 0 amide bonds. The molecular weight excluding hydrogens is 345 g/mol. The zero-order valence-electron chi connectivity index (χ0n) is 11.2. The van der Waals surface area contributed by atoms with Crippen molar-refractivity contribution < 1.29 is 4.52 Å². The number of rotatable bonds is 6. The van der Waals surface area contributed by atoms with Crippen molar-refractivity contribution >= 4 is 29.9 Å². The maximum atomic E-state index is 4.99. The zero-order chi connectivity index (χ0) is 12.5. The van der Waals surface area contributed by atoms with Crippen LogP contribution >= 0.6 is 24.0 Å².